The first kappa shape index (κ1) is 30.2. The molecule has 0 aliphatic heterocycles. The average Bonchev–Trinajstić information content (AvgIpc) is 3.36. The Morgan fingerprint density at radius 1 is 0.911 bits per heavy atom. The van der Waals surface area contributed by atoms with Gasteiger partial charge in [-0.15, -0.1) is 0 Å². The molecule has 0 bridgehead atoms. The minimum atomic E-state index is -4.58. The summed E-state index contributed by atoms with van der Waals surface area (Å²) >= 11 is 0. The van der Waals surface area contributed by atoms with Crippen LogP contribution in [0.4, 0.5) is 13.2 Å². The highest BCUT2D eigenvalue weighted by Gasteiger charge is 2.33. The van der Waals surface area contributed by atoms with Crippen LogP contribution >= 0.6 is 0 Å². The van der Waals surface area contributed by atoms with Crippen molar-refractivity contribution in [1.29, 1.82) is 0 Å². The van der Waals surface area contributed by atoms with Crippen molar-refractivity contribution >= 4 is 31.7 Å². The molecule has 7 nitrogen and oxygen atoms in total. The molecule has 1 atom stereocenters. The molecule has 0 amide bonds. The number of alkyl halides is 3. The van der Waals surface area contributed by atoms with Gasteiger partial charge in [0.2, 0.25) is 10.0 Å². The van der Waals surface area contributed by atoms with E-state index in [9.17, 15) is 31.5 Å². The zero-order valence-electron chi connectivity index (χ0n) is 23.9. The molecule has 2 aromatic heterocycles. The van der Waals surface area contributed by atoms with Gasteiger partial charge in [0.25, 0.3) is 0 Å². The van der Waals surface area contributed by atoms with Gasteiger partial charge in [0.15, 0.2) is 0 Å². The van der Waals surface area contributed by atoms with Crippen LogP contribution in [-0.2, 0) is 22.6 Å². The number of aryl methyl sites for hydroxylation is 1. The maximum Gasteiger partial charge on any atom is 0.416 e. The Kier molecular flexibility index (Phi) is 7.75. The van der Waals surface area contributed by atoms with Crippen LogP contribution in [0.1, 0.15) is 39.6 Å². The normalized spacial score (nSPS) is 13.0. The van der Waals surface area contributed by atoms with Gasteiger partial charge in [-0.05, 0) is 65.6 Å². The van der Waals surface area contributed by atoms with Gasteiger partial charge in [-0.25, -0.2) is 17.9 Å². The Labute approximate surface area is 256 Å². The Morgan fingerprint density at radius 3 is 2.31 bits per heavy atom. The van der Waals surface area contributed by atoms with Gasteiger partial charge in [0, 0.05) is 29.2 Å². The van der Waals surface area contributed by atoms with E-state index >= 15 is 0 Å². The summed E-state index contributed by atoms with van der Waals surface area (Å²) in [4.78, 5) is 16.6. The highest BCUT2D eigenvalue weighted by Crippen LogP contribution is 2.40. The molecule has 45 heavy (non-hydrogen) atoms. The van der Waals surface area contributed by atoms with Crippen LogP contribution in [0.5, 0.6) is 5.75 Å². The van der Waals surface area contributed by atoms with Crippen molar-refractivity contribution in [3.05, 3.63) is 141 Å². The number of rotatable bonds is 8. The molecule has 0 fully saturated rings. The van der Waals surface area contributed by atoms with Crippen LogP contribution in [0.2, 0.25) is 0 Å². The first-order chi connectivity index (χ1) is 21.4. The van der Waals surface area contributed by atoms with Gasteiger partial charge in [-0.1, -0.05) is 60.7 Å². The Hall–Kier alpha value is -4.87. The van der Waals surface area contributed by atoms with Gasteiger partial charge >= 0.3 is 11.8 Å². The molecule has 0 saturated carbocycles. The number of benzene rings is 4. The Bertz CT molecular complexity index is 2200. The van der Waals surface area contributed by atoms with Crippen molar-refractivity contribution < 1.29 is 31.1 Å². The fourth-order valence-electron chi connectivity index (χ4n) is 5.68. The summed E-state index contributed by atoms with van der Waals surface area (Å²) in [7, 11) is -3.90. The van der Waals surface area contributed by atoms with Gasteiger partial charge in [0.1, 0.15) is 11.5 Å². The Balaban J connectivity index is 1.42. The van der Waals surface area contributed by atoms with Gasteiger partial charge in [-0.2, -0.15) is 13.2 Å². The Morgan fingerprint density at radius 2 is 1.60 bits per heavy atom. The molecule has 1 unspecified atom stereocenters. The van der Waals surface area contributed by atoms with Crippen molar-refractivity contribution in [1.82, 2.24) is 9.71 Å². The van der Waals surface area contributed by atoms with E-state index in [2.05, 4.69) is 9.71 Å². The van der Waals surface area contributed by atoms with Crippen LogP contribution in [0, 0.1) is 6.92 Å². The summed E-state index contributed by atoms with van der Waals surface area (Å²) < 4.78 is 74.7. The van der Waals surface area contributed by atoms with E-state index in [4.69, 9.17) is 4.42 Å². The fourth-order valence-corrected chi connectivity index (χ4v) is 6.75. The van der Waals surface area contributed by atoms with Crippen molar-refractivity contribution in [2.45, 2.75) is 30.3 Å². The second-order valence-electron chi connectivity index (χ2n) is 10.7. The summed E-state index contributed by atoms with van der Waals surface area (Å²) in [6.45, 7) is 1.46. The minimum absolute atomic E-state index is 0.0295. The maximum absolute atomic E-state index is 13.4. The van der Waals surface area contributed by atoms with Crippen molar-refractivity contribution in [2.75, 3.05) is 6.54 Å². The molecule has 230 valence electrons. The second kappa shape index (κ2) is 11.6. The molecule has 3 N–H and O–H groups in total. The number of sulfonamides is 1. The first-order valence-corrected chi connectivity index (χ1v) is 15.5. The van der Waals surface area contributed by atoms with Gasteiger partial charge in [-0.3, -0.25) is 0 Å². The van der Waals surface area contributed by atoms with E-state index in [-0.39, 0.29) is 34.9 Å². The van der Waals surface area contributed by atoms with E-state index in [1.54, 1.807) is 30.3 Å². The highest BCUT2D eigenvalue weighted by molar-refractivity contribution is 7.89. The number of hydrogen-bond donors (Lipinski definition) is 3. The molecule has 0 spiro atoms. The minimum Gasteiger partial charge on any atom is -0.507 e. The summed E-state index contributed by atoms with van der Waals surface area (Å²) in [5.74, 6) is -1.29. The number of halogens is 3. The molecule has 0 aliphatic carbocycles. The van der Waals surface area contributed by atoms with E-state index in [0.717, 1.165) is 28.3 Å². The van der Waals surface area contributed by atoms with Gasteiger partial charge in [0.05, 0.1) is 21.9 Å². The standard InChI is InChI=1S/C34H27F3N2O5S/c1-20-18-29(40)31(33(41)44-20)30(22-10-13-24(14-11-22)34(35,36)37)32-27(26-8-4-5-9-28(26)39-32)16-17-38-45(42,43)25-15-12-21-6-2-3-7-23(21)19-25/h2-15,18-19,30,38-40H,16-17H2,1H3. The zero-order chi connectivity index (χ0) is 31.9. The zero-order valence-corrected chi connectivity index (χ0v) is 24.7. The predicted octanol–water partition coefficient (Wildman–Crippen LogP) is 7.01. The number of H-pyrrole nitrogens is 1. The molecule has 0 saturated heterocycles. The second-order valence-corrected chi connectivity index (χ2v) is 12.5. The molecule has 0 aliphatic rings. The van der Waals surface area contributed by atoms with E-state index < -0.39 is 33.3 Å². The van der Waals surface area contributed by atoms with E-state index in [1.807, 2.05) is 30.3 Å². The lowest BCUT2D eigenvalue weighted by Crippen LogP contribution is -2.26. The summed E-state index contributed by atoms with van der Waals surface area (Å²) in [6, 6.07) is 25.1. The number of fused-ring (bicyclic) bond motifs is 2. The van der Waals surface area contributed by atoms with Crippen molar-refractivity contribution in [3.63, 3.8) is 0 Å². The van der Waals surface area contributed by atoms with Crippen LogP contribution in [0.15, 0.2) is 111 Å². The number of aromatic amines is 1. The van der Waals surface area contributed by atoms with Crippen LogP contribution in [-0.4, -0.2) is 25.1 Å². The van der Waals surface area contributed by atoms with Gasteiger partial charge < -0.3 is 14.5 Å². The number of aromatic hydroxyl groups is 1. The lowest BCUT2D eigenvalue weighted by Gasteiger charge is -2.20. The molecule has 4 aromatic carbocycles. The quantitative estimate of drug-likeness (QED) is 0.167. The lowest BCUT2D eigenvalue weighted by atomic mass is 9.85. The topological polar surface area (TPSA) is 112 Å². The molecule has 6 aromatic rings. The highest BCUT2D eigenvalue weighted by atomic mass is 32.2. The molecule has 2 heterocycles. The lowest BCUT2D eigenvalue weighted by molar-refractivity contribution is -0.137. The fraction of sp³-hybridized carbons (Fsp3) is 0.147. The predicted molar refractivity (Wildman–Crippen MR) is 165 cm³/mol. The molecule has 6 rings (SSSR count). The molecular weight excluding hydrogens is 605 g/mol. The number of aromatic nitrogens is 1. The van der Waals surface area contributed by atoms with Crippen molar-refractivity contribution in [3.8, 4) is 5.75 Å². The number of nitrogens with one attached hydrogen (secondary N) is 2. The number of hydrogen-bond acceptors (Lipinski definition) is 5. The molecular formula is C34H27F3N2O5S. The van der Waals surface area contributed by atoms with Crippen LogP contribution in [0.25, 0.3) is 21.7 Å². The largest absolute Gasteiger partial charge is 0.507 e. The smallest absolute Gasteiger partial charge is 0.416 e. The third kappa shape index (κ3) is 5.96. The van der Waals surface area contributed by atoms with Crippen molar-refractivity contribution in [2.24, 2.45) is 0 Å². The maximum atomic E-state index is 13.4. The monoisotopic (exact) mass is 632 g/mol. The third-order valence-electron chi connectivity index (χ3n) is 7.78. The van der Waals surface area contributed by atoms with Crippen LogP contribution < -0.4 is 10.3 Å². The van der Waals surface area contributed by atoms with Crippen LogP contribution in [0.3, 0.4) is 0 Å². The summed E-state index contributed by atoms with van der Waals surface area (Å²) in [5.41, 5.74) is 0.101. The SMILES string of the molecule is Cc1cc(O)c(C(c2ccc(C(F)(F)F)cc2)c2[nH]c3ccccc3c2CCNS(=O)(=O)c2ccc3ccccc3c2)c(=O)o1. The summed E-state index contributed by atoms with van der Waals surface area (Å²) in [6.07, 6.45) is -4.42. The van der Waals surface area contributed by atoms with E-state index in [0.29, 0.717) is 22.3 Å². The summed E-state index contributed by atoms with van der Waals surface area (Å²) in [5, 5.41) is 13.4. The third-order valence-corrected chi connectivity index (χ3v) is 9.24. The van der Waals surface area contributed by atoms with E-state index in [1.165, 1.54) is 31.2 Å². The number of para-hydroxylation sites is 1. The first-order valence-electron chi connectivity index (χ1n) is 14.0. The molecule has 11 heteroatoms. The average molecular weight is 633 g/mol. The molecule has 0 radical (unpaired) electrons.